The number of aromatic nitrogens is 6. The number of nitrogens with zero attached hydrogens (tertiary/aromatic N) is 7. The first-order valence-electron chi connectivity index (χ1n) is 51.2. The minimum Gasteiger partial charge on any atom is -0.364 e. The Balaban J connectivity index is 0.000000226. The van der Waals surface area contributed by atoms with E-state index in [-0.39, 0.29) is 31.5 Å². The van der Waals surface area contributed by atoms with Crippen LogP contribution in [-0.4, -0.2) is 158 Å². The van der Waals surface area contributed by atoms with Crippen LogP contribution in [0.3, 0.4) is 0 Å². The van der Waals surface area contributed by atoms with Crippen LogP contribution in [0.25, 0.3) is 43.5 Å². The molecule has 2 aliphatic rings. The zero-order valence-corrected chi connectivity index (χ0v) is 91.5. The van der Waals surface area contributed by atoms with Crippen molar-refractivity contribution >= 4 is 109 Å². The Hall–Kier alpha value is -7.50. The first-order valence-corrected chi connectivity index (χ1v) is 63.1. The number of hydrogen-bond donors (Lipinski definition) is 0. The third kappa shape index (κ3) is 44.2. The van der Waals surface area contributed by atoms with E-state index < -0.39 is 59.0 Å². The molecule has 0 radical (unpaired) electrons. The van der Waals surface area contributed by atoms with Crippen LogP contribution < -0.4 is 4.90 Å². The van der Waals surface area contributed by atoms with Gasteiger partial charge in [-0.3, -0.25) is 0 Å². The molecule has 0 unspecified atom stereocenters. The van der Waals surface area contributed by atoms with Gasteiger partial charge in [0.25, 0.3) is 0 Å². The molecule has 0 N–H and O–H groups in total. The maximum atomic E-state index is 11.8. The highest BCUT2D eigenvalue weighted by Gasteiger charge is 2.24. The van der Waals surface area contributed by atoms with Crippen molar-refractivity contribution in [3.05, 3.63) is 233 Å². The second-order valence-corrected chi connectivity index (χ2v) is 56.2. The van der Waals surface area contributed by atoms with Crippen LogP contribution in [0.15, 0.2) is 188 Å². The highest BCUT2D eigenvalue weighted by Crippen LogP contribution is 2.39. The van der Waals surface area contributed by atoms with E-state index in [1.807, 2.05) is 23.7 Å². The van der Waals surface area contributed by atoms with Crippen LogP contribution >= 0.6 is 23.1 Å². The molecule has 0 fully saturated rings. The van der Waals surface area contributed by atoms with Crippen LogP contribution in [-0.2, 0) is 104 Å². The topological polar surface area (TPSA) is 285 Å². The van der Waals surface area contributed by atoms with Gasteiger partial charge in [0.15, 0.2) is 59.0 Å². The molecule has 12 rings (SSSR count). The van der Waals surface area contributed by atoms with Crippen molar-refractivity contribution < 1.29 is 50.5 Å². The Labute approximate surface area is 841 Å². The van der Waals surface area contributed by atoms with Crippen LogP contribution in [0, 0.1) is 0 Å². The van der Waals surface area contributed by atoms with Gasteiger partial charge in [-0.05, 0) is 290 Å². The second-order valence-electron chi connectivity index (χ2n) is 38.7. The SMILES string of the molecule is CC(C)S(=O)(=O)CCCCCCCc1ccc(-c2ccccc2)cc1.CC(C)S(=O)(=O)CCCCCCCc1ccc(N2CC=CC2)cc1.CC(C)S(=O)(=O)CCCCCCCc1ccc2scnc2c1.CC(C)S(=O)(=O)CCCCCCCc1cccc2c1Cc1ccccc1-2.CC(C)S(=O)(=O)CCCCCCCc1cccc2nsnc12.CC(C)S(=O)(=O)CCCCCCCc1ncncn1. The number of benzene rings is 7. The summed E-state index contributed by atoms with van der Waals surface area (Å²) >= 11 is 2.94. The Morgan fingerprint density at radius 2 is 0.674 bits per heavy atom. The van der Waals surface area contributed by atoms with Gasteiger partial charge >= 0.3 is 0 Å². The number of anilines is 1. The fourth-order valence-corrected chi connectivity index (χ4v) is 24.0. The molecule has 0 bridgehead atoms. The zero-order valence-electron chi connectivity index (χ0n) is 85.0. The first-order chi connectivity index (χ1) is 66.0. The number of rotatable bonds is 56. The molecule has 10 aromatic rings. The van der Waals surface area contributed by atoms with Gasteiger partial charge in [-0.15, -0.1) is 11.3 Å². The van der Waals surface area contributed by atoms with E-state index in [0.29, 0.717) is 34.5 Å². The number of aryl methyl sites for hydroxylation is 6. The average Bonchev–Trinajstić information content (AvgIpc) is 1.63. The maximum absolute atomic E-state index is 11.8. The van der Waals surface area contributed by atoms with Gasteiger partial charge in [0.05, 0.1) is 93.5 Å². The van der Waals surface area contributed by atoms with E-state index in [9.17, 15) is 50.5 Å². The minimum absolute atomic E-state index is 0.239. The van der Waals surface area contributed by atoms with Gasteiger partial charge in [-0.2, -0.15) is 8.75 Å². The molecule has 762 valence electrons. The van der Waals surface area contributed by atoms with E-state index in [0.717, 1.165) is 235 Å². The predicted octanol–water partition coefficient (Wildman–Crippen LogP) is 26.4. The third-order valence-corrected chi connectivity index (χ3v) is 41.1. The molecule has 0 saturated heterocycles. The Morgan fingerprint density at radius 3 is 1.13 bits per heavy atom. The smallest absolute Gasteiger partial charge is 0.152 e. The molecule has 19 nitrogen and oxygen atoms in total. The molecule has 0 atom stereocenters. The Morgan fingerprint density at radius 1 is 0.312 bits per heavy atom. The molecule has 7 aromatic carbocycles. The monoisotopic (exact) mass is 2040 g/mol. The van der Waals surface area contributed by atoms with Crippen LogP contribution in [0.2, 0.25) is 0 Å². The van der Waals surface area contributed by atoms with Gasteiger partial charge < -0.3 is 4.90 Å². The molecule has 27 heteroatoms. The van der Waals surface area contributed by atoms with Crippen LogP contribution in [0.1, 0.15) is 320 Å². The molecule has 1 aliphatic heterocycles. The van der Waals surface area contributed by atoms with E-state index in [4.69, 9.17) is 0 Å². The van der Waals surface area contributed by atoms with Crippen molar-refractivity contribution in [1.29, 1.82) is 0 Å². The van der Waals surface area contributed by atoms with Gasteiger partial charge in [0.2, 0.25) is 0 Å². The molecular weight excluding hydrogens is 1880 g/mol. The summed E-state index contributed by atoms with van der Waals surface area (Å²) in [4.78, 5) is 18.6. The summed E-state index contributed by atoms with van der Waals surface area (Å²) in [5.74, 6) is 2.84. The second kappa shape index (κ2) is 62.8. The lowest BCUT2D eigenvalue weighted by atomic mass is 9.97. The minimum atomic E-state index is -2.87. The molecule has 0 saturated carbocycles. The lowest BCUT2D eigenvalue weighted by Gasteiger charge is -2.17. The fraction of sp³-hybridized carbons (Fsp3) is 0.568. The Kier molecular flexibility index (Phi) is 53.5. The molecule has 3 aromatic heterocycles. The summed E-state index contributed by atoms with van der Waals surface area (Å²) < 4.78 is 150. The molecule has 138 heavy (non-hydrogen) atoms. The molecule has 1 aliphatic carbocycles. The number of unbranched alkanes of at least 4 members (excludes halogenated alkanes) is 24. The molecule has 0 amide bonds. The lowest BCUT2D eigenvalue weighted by Crippen LogP contribution is -2.18. The van der Waals surface area contributed by atoms with Crippen molar-refractivity contribution in [1.82, 2.24) is 28.7 Å². The van der Waals surface area contributed by atoms with E-state index in [1.54, 1.807) is 94.4 Å². The lowest BCUT2D eigenvalue weighted by molar-refractivity contribution is 0.575. The highest BCUT2D eigenvalue weighted by molar-refractivity contribution is 7.93. The predicted molar refractivity (Wildman–Crippen MR) is 585 cm³/mol. The zero-order chi connectivity index (χ0) is 100. The normalized spacial score (nSPS) is 12.7. The van der Waals surface area contributed by atoms with Gasteiger partial charge in [-0.25, -0.2) is 70.4 Å². The molecular formula is C111H163N7O12S8. The summed E-state index contributed by atoms with van der Waals surface area (Å²) in [5, 5.41) is -1.47. The summed E-state index contributed by atoms with van der Waals surface area (Å²) in [6.07, 6.45) is 46.0. The third-order valence-electron chi connectivity index (χ3n) is 26.0. The van der Waals surface area contributed by atoms with Crippen molar-refractivity contribution in [3.63, 3.8) is 0 Å². The number of sulfone groups is 6. The van der Waals surface area contributed by atoms with Crippen molar-refractivity contribution in [2.45, 2.75) is 352 Å². The molecule has 4 heterocycles. The van der Waals surface area contributed by atoms with Crippen molar-refractivity contribution in [2.75, 3.05) is 52.5 Å². The number of thiazole rings is 1. The van der Waals surface area contributed by atoms with Gasteiger partial charge in [-0.1, -0.05) is 255 Å². The summed E-state index contributed by atoms with van der Waals surface area (Å²) in [6.45, 7) is 23.1. The average molecular weight is 2040 g/mol. The standard InChI is InChI=1S/C23H30O2S.C22H30O2S.C20H31NO2S.C17H25NO2S2.C16H24N2O2S2.C13H23N3O2S/c1-18(2)26(24,25)16-9-5-3-4-6-11-19-13-10-15-22-21-14-8-7-12-20(21)17-23(19)22;1-19(2)25(23,24)18-10-5-3-4-7-11-20-14-16-22(17-15-20)21-12-8-6-9-13-21;1-18(2)24(22,23)17-9-5-3-4-6-10-19-11-13-20(14-12-19)21-15-7-8-16-21;1-14(2)22(19,20)11-7-5-3-4-6-8-15-9-10-17-16(12-15)18-13-21-17;1-13(2)22(19,20)12-7-5-3-4-6-9-14-10-8-11-15-16(14)18-21-17-15;1-12(2)19(17,18)9-7-5-3-4-6-8-13-15-10-14-11-16-13/h7-8,10,12-15,18H,3-6,9,11,16-17H2,1-2H3;6,8-9,12-17,19H,3-5,7,10-11,18H2,1-2H3;7-8,11-14,18H,3-6,9-10,15-17H2,1-2H3;9-10,12-14H,3-8,11H2,1-2H3;8,10-11,13H,3-7,9,12H2,1-2H3;10-12H,3-9H2,1-2H3. The van der Waals surface area contributed by atoms with Gasteiger partial charge in [0, 0.05) is 25.2 Å². The summed E-state index contributed by atoms with van der Waals surface area (Å²) in [6, 6.07) is 56.3. The maximum Gasteiger partial charge on any atom is 0.152 e. The van der Waals surface area contributed by atoms with E-state index in [2.05, 4.69) is 185 Å². The van der Waals surface area contributed by atoms with Gasteiger partial charge in [0.1, 0.15) is 29.5 Å². The van der Waals surface area contributed by atoms with E-state index in [1.165, 1.54) is 134 Å². The number of fused-ring (bicyclic) bond motifs is 5. The summed E-state index contributed by atoms with van der Waals surface area (Å²) in [7, 11) is -17.2. The quantitative estimate of drug-likeness (QED) is 0.0253. The summed E-state index contributed by atoms with van der Waals surface area (Å²) in [5.41, 5.74) is 21.5. The Bertz CT molecular complexity index is 5860. The number of hydrogen-bond acceptors (Lipinski definition) is 21. The van der Waals surface area contributed by atoms with Crippen molar-refractivity contribution in [3.8, 4) is 22.3 Å². The largest absolute Gasteiger partial charge is 0.364 e. The molecule has 0 spiro atoms. The highest BCUT2D eigenvalue weighted by atomic mass is 32.2. The first kappa shape index (κ1) is 117. The van der Waals surface area contributed by atoms with Crippen LogP contribution in [0.5, 0.6) is 0 Å². The van der Waals surface area contributed by atoms with E-state index >= 15 is 0 Å². The van der Waals surface area contributed by atoms with Crippen molar-refractivity contribution in [2.24, 2.45) is 0 Å². The fourth-order valence-electron chi connectivity index (χ4n) is 16.3. The van der Waals surface area contributed by atoms with Crippen LogP contribution in [0.4, 0.5) is 5.69 Å².